The Kier molecular flexibility index (Phi) is 3.89. The van der Waals surface area contributed by atoms with Gasteiger partial charge in [0.1, 0.15) is 11.9 Å². The molecule has 0 aliphatic carbocycles. The third kappa shape index (κ3) is 3.14. The first kappa shape index (κ1) is 11.8. The van der Waals surface area contributed by atoms with Crippen LogP contribution >= 0.6 is 0 Å². The average molecular weight is 232 g/mol. The Morgan fingerprint density at radius 1 is 1.41 bits per heavy atom. The molecule has 0 bridgehead atoms. The van der Waals surface area contributed by atoms with Crippen molar-refractivity contribution in [2.45, 2.75) is 12.8 Å². The molecule has 0 saturated carbocycles. The highest BCUT2D eigenvalue weighted by Gasteiger charge is 2.16. The third-order valence-corrected chi connectivity index (χ3v) is 3.02. The van der Waals surface area contributed by atoms with Gasteiger partial charge in [-0.05, 0) is 18.8 Å². The van der Waals surface area contributed by atoms with Crippen LogP contribution in [0, 0.1) is 17.2 Å². The smallest absolute Gasteiger partial charge is 0.158 e. The molecule has 1 aromatic rings. The lowest BCUT2D eigenvalue weighted by molar-refractivity contribution is 0.0685. The van der Waals surface area contributed by atoms with Crippen molar-refractivity contribution in [1.29, 1.82) is 5.26 Å². The van der Waals surface area contributed by atoms with Crippen LogP contribution in [0.1, 0.15) is 18.5 Å². The van der Waals surface area contributed by atoms with Crippen LogP contribution in [-0.4, -0.2) is 36.8 Å². The molecular formula is C12H16N4O. The maximum atomic E-state index is 8.65. The molecule has 5 nitrogen and oxygen atoms in total. The molecule has 1 aliphatic heterocycles. The van der Waals surface area contributed by atoms with Crippen LogP contribution in [0.2, 0.25) is 0 Å². The number of anilines is 1. The maximum Gasteiger partial charge on any atom is 0.158 e. The van der Waals surface area contributed by atoms with Crippen molar-refractivity contribution in [3.8, 4) is 6.07 Å². The molecule has 0 spiro atoms. The van der Waals surface area contributed by atoms with Gasteiger partial charge in [0.25, 0.3) is 0 Å². The summed E-state index contributed by atoms with van der Waals surface area (Å²) in [4.78, 5) is 10.3. The van der Waals surface area contributed by atoms with Crippen LogP contribution in [0.25, 0.3) is 0 Å². The fourth-order valence-electron chi connectivity index (χ4n) is 1.99. The molecule has 5 heteroatoms. The first-order valence-corrected chi connectivity index (χ1v) is 5.80. The van der Waals surface area contributed by atoms with Gasteiger partial charge in [-0.2, -0.15) is 5.26 Å². The zero-order valence-corrected chi connectivity index (χ0v) is 9.96. The monoisotopic (exact) mass is 232 g/mol. The molecule has 2 rings (SSSR count). The quantitative estimate of drug-likeness (QED) is 0.784. The molecule has 1 saturated heterocycles. The molecule has 0 N–H and O–H groups in total. The molecule has 1 aromatic heterocycles. The summed E-state index contributed by atoms with van der Waals surface area (Å²) in [6.45, 7) is 2.68. The molecule has 1 fully saturated rings. The standard InChI is InChI=1S/C12H16N4O/c1-16(9-10-2-4-17-5-3-10)12-8-14-11(6-13)7-15-12/h7-8,10H,2-5,9H2,1H3. The van der Waals surface area contributed by atoms with Crippen molar-refractivity contribution < 1.29 is 4.74 Å². The van der Waals surface area contributed by atoms with Crippen molar-refractivity contribution >= 4 is 5.82 Å². The van der Waals surface area contributed by atoms with Crippen molar-refractivity contribution in [3.05, 3.63) is 18.1 Å². The van der Waals surface area contributed by atoms with Crippen LogP contribution in [0.5, 0.6) is 0 Å². The van der Waals surface area contributed by atoms with Gasteiger partial charge in [0, 0.05) is 26.8 Å². The second kappa shape index (κ2) is 5.60. The first-order valence-electron chi connectivity index (χ1n) is 5.80. The van der Waals surface area contributed by atoms with Gasteiger partial charge >= 0.3 is 0 Å². The molecule has 0 atom stereocenters. The van der Waals surface area contributed by atoms with E-state index in [-0.39, 0.29) is 0 Å². The Balaban J connectivity index is 1.94. The van der Waals surface area contributed by atoms with E-state index in [0.29, 0.717) is 11.6 Å². The van der Waals surface area contributed by atoms with Gasteiger partial charge in [-0.25, -0.2) is 9.97 Å². The number of hydrogen-bond donors (Lipinski definition) is 0. The summed E-state index contributed by atoms with van der Waals surface area (Å²) in [5.74, 6) is 1.47. The maximum absolute atomic E-state index is 8.65. The van der Waals surface area contributed by atoms with E-state index >= 15 is 0 Å². The molecule has 0 amide bonds. The summed E-state index contributed by atoms with van der Waals surface area (Å²) >= 11 is 0. The highest BCUT2D eigenvalue weighted by Crippen LogP contribution is 2.18. The second-order valence-corrected chi connectivity index (χ2v) is 4.31. The zero-order chi connectivity index (χ0) is 12.1. The van der Waals surface area contributed by atoms with E-state index in [4.69, 9.17) is 10.00 Å². The van der Waals surface area contributed by atoms with E-state index < -0.39 is 0 Å². The molecule has 17 heavy (non-hydrogen) atoms. The summed E-state index contributed by atoms with van der Waals surface area (Å²) < 4.78 is 5.33. The summed E-state index contributed by atoms with van der Waals surface area (Å²) in [5, 5.41) is 8.65. The van der Waals surface area contributed by atoms with E-state index in [1.54, 1.807) is 6.20 Å². The van der Waals surface area contributed by atoms with Gasteiger partial charge in [-0.1, -0.05) is 0 Å². The number of nitrogens with zero attached hydrogens (tertiary/aromatic N) is 4. The molecule has 90 valence electrons. The predicted molar refractivity (Wildman–Crippen MR) is 63.6 cm³/mol. The number of hydrogen-bond acceptors (Lipinski definition) is 5. The lowest BCUT2D eigenvalue weighted by Gasteiger charge is -2.27. The normalized spacial score (nSPS) is 16.5. The van der Waals surface area contributed by atoms with Crippen molar-refractivity contribution in [3.63, 3.8) is 0 Å². The number of ether oxygens (including phenoxy) is 1. The van der Waals surface area contributed by atoms with Crippen molar-refractivity contribution in [2.75, 3.05) is 31.7 Å². The number of aromatic nitrogens is 2. The molecule has 0 unspecified atom stereocenters. The number of nitriles is 1. The molecule has 0 radical (unpaired) electrons. The minimum Gasteiger partial charge on any atom is -0.381 e. The van der Waals surface area contributed by atoms with Crippen LogP contribution in [-0.2, 0) is 4.74 Å². The van der Waals surface area contributed by atoms with Crippen molar-refractivity contribution in [1.82, 2.24) is 9.97 Å². The van der Waals surface area contributed by atoms with Crippen LogP contribution < -0.4 is 4.90 Å². The summed E-state index contributed by atoms with van der Waals surface area (Å²) in [7, 11) is 2.01. The molecule has 0 aromatic carbocycles. The van der Waals surface area contributed by atoms with Crippen LogP contribution in [0.4, 0.5) is 5.82 Å². The lowest BCUT2D eigenvalue weighted by atomic mass is 10.00. The Morgan fingerprint density at radius 3 is 2.76 bits per heavy atom. The van der Waals surface area contributed by atoms with Gasteiger partial charge in [-0.3, -0.25) is 0 Å². The van der Waals surface area contributed by atoms with Gasteiger partial charge in [0.2, 0.25) is 0 Å². The molecular weight excluding hydrogens is 216 g/mol. The van der Waals surface area contributed by atoms with Gasteiger partial charge in [0.05, 0.1) is 12.4 Å². The number of rotatable bonds is 3. The van der Waals surface area contributed by atoms with Crippen molar-refractivity contribution in [2.24, 2.45) is 5.92 Å². The van der Waals surface area contributed by atoms with E-state index in [9.17, 15) is 0 Å². The Bertz CT molecular complexity index is 392. The van der Waals surface area contributed by atoms with Gasteiger partial charge in [0.15, 0.2) is 5.69 Å². The third-order valence-electron chi connectivity index (χ3n) is 3.02. The SMILES string of the molecule is CN(CC1CCOCC1)c1cnc(C#N)cn1. The van der Waals surface area contributed by atoms with Gasteiger partial charge in [-0.15, -0.1) is 0 Å². The first-order chi connectivity index (χ1) is 8.29. The van der Waals surface area contributed by atoms with Crippen LogP contribution in [0.3, 0.4) is 0 Å². The van der Waals surface area contributed by atoms with E-state index in [1.165, 1.54) is 6.20 Å². The summed E-state index contributed by atoms with van der Waals surface area (Å²) in [6.07, 6.45) is 5.37. The Labute approximate surface area is 101 Å². The summed E-state index contributed by atoms with van der Waals surface area (Å²) in [6, 6.07) is 1.97. The molecule has 1 aliphatic rings. The Morgan fingerprint density at radius 2 is 2.18 bits per heavy atom. The van der Waals surface area contributed by atoms with E-state index in [2.05, 4.69) is 14.9 Å². The van der Waals surface area contributed by atoms with Gasteiger partial charge < -0.3 is 9.64 Å². The zero-order valence-electron chi connectivity index (χ0n) is 9.96. The lowest BCUT2D eigenvalue weighted by Crippen LogP contribution is -2.30. The average Bonchev–Trinajstić information content (AvgIpc) is 2.40. The second-order valence-electron chi connectivity index (χ2n) is 4.31. The largest absolute Gasteiger partial charge is 0.381 e. The highest BCUT2D eigenvalue weighted by atomic mass is 16.5. The Hall–Kier alpha value is -1.67. The highest BCUT2D eigenvalue weighted by molar-refractivity contribution is 5.36. The van der Waals surface area contributed by atoms with Crippen LogP contribution in [0.15, 0.2) is 12.4 Å². The fraction of sp³-hybridized carbons (Fsp3) is 0.583. The van der Waals surface area contributed by atoms with E-state index in [0.717, 1.165) is 38.4 Å². The summed E-state index contributed by atoms with van der Waals surface area (Å²) in [5.41, 5.74) is 0.355. The topological polar surface area (TPSA) is 62.0 Å². The fourth-order valence-corrected chi connectivity index (χ4v) is 1.99. The predicted octanol–water partition coefficient (Wildman–Crippen LogP) is 1.21. The minimum atomic E-state index is 0.355. The van der Waals surface area contributed by atoms with E-state index in [1.807, 2.05) is 13.1 Å². The molecule has 2 heterocycles. The minimum absolute atomic E-state index is 0.355.